The zero-order valence-electron chi connectivity index (χ0n) is 22.0. The number of nitrogens with zero attached hydrogens (tertiary/aromatic N) is 1. The Kier molecular flexibility index (Phi) is 9.61. The van der Waals surface area contributed by atoms with Gasteiger partial charge in [-0.05, 0) is 83.5 Å². The lowest BCUT2D eigenvalue weighted by Crippen LogP contribution is -2.40. The molecule has 0 radical (unpaired) electrons. The zero-order valence-corrected chi connectivity index (χ0v) is 22.0. The number of methoxy groups -OCH3 is 1. The van der Waals surface area contributed by atoms with Crippen molar-refractivity contribution < 1.29 is 38.4 Å². The molecule has 0 aliphatic carbocycles. The van der Waals surface area contributed by atoms with Crippen LogP contribution in [0.3, 0.4) is 0 Å². The van der Waals surface area contributed by atoms with Crippen molar-refractivity contribution in [1.29, 1.82) is 0 Å². The van der Waals surface area contributed by atoms with E-state index in [2.05, 4.69) is 15.6 Å². The average Bonchev–Trinajstić information content (AvgIpc) is 2.77. The number of rotatable bonds is 5. The molecule has 200 valence electrons. The Labute approximate surface area is 215 Å². The van der Waals surface area contributed by atoms with Crippen molar-refractivity contribution in [1.82, 2.24) is 5.32 Å². The molecule has 2 rings (SSSR count). The molecule has 11 heteroatoms. The van der Waals surface area contributed by atoms with Gasteiger partial charge in [0.05, 0.1) is 19.3 Å². The number of nitrogens with one attached hydrogen (secondary N) is 2. The molecule has 2 amide bonds. The molecule has 11 nitrogen and oxygen atoms in total. The number of aliphatic imine (C=N–C) groups is 1. The van der Waals surface area contributed by atoms with Gasteiger partial charge in [0.15, 0.2) is 11.5 Å². The minimum absolute atomic E-state index is 0.180. The highest BCUT2D eigenvalue weighted by Gasteiger charge is 2.21. The molecule has 0 aliphatic rings. The molecule has 0 saturated carbocycles. The molecule has 0 fully saturated rings. The van der Waals surface area contributed by atoms with Crippen LogP contribution in [-0.2, 0) is 16.1 Å². The van der Waals surface area contributed by atoms with Gasteiger partial charge in [0.25, 0.3) is 0 Å². The number of aliphatic hydroxyl groups excluding tert-OH is 1. The summed E-state index contributed by atoms with van der Waals surface area (Å²) in [5.74, 6) is -0.377. The van der Waals surface area contributed by atoms with E-state index in [0.29, 0.717) is 17.0 Å². The number of hydrogen-bond donors (Lipinski definition) is 3. The summed E-state index contributed by atoms with van der Waals surface area (Å²) in [6.07, 6.45) is -1.75. The number of carbonyl (C=O) groups is 3. The van der Waals surface area contributed by atoms with Gasteiger partial charge in [0.2, 0.25) is 5.96 Å². The molecule has 0 atom stereocenters. The summed E-state index contributed by atoms with van der Waals surface area (Å²) in [5.41, 5.74) is -0.328. The molecule has 0 aliphatic heterocycles. The van der Waals surface area contributed by atoms with E-state index in [0.717, 1.165) is 0 Å². The lowest BCUT2D eigenvalue weighted by Gasteiger charge is -2.21. The van der Waals surface area contributed by atoms with E-state index in [1.54, 1.807) is 53.7 Å². The molecule has 3 N–H and O–H groups in total. The van der Waals surface area contributed by atoms with E-state index in [4.69, 9.17) is 18.9 Å². The maximum absolute atomic E-state index is 12.6. The van der Waals surface area contributed by atoms with Gasteiger partial charge in [-0.15, -0.1) is 4.99 Å². The molecule has 0 heterocycles. The van der Waals surface area contributed by atoms with Gasteiger partial charge in [-0.25, -0.2) is 14.4 Å². The monoisotopic (exact) mass is 515 g/mol. The third-order valence-corrected chi connectivity index (χ3v) is 4.21. The van der Waals surface area contributed by atoms with Crippen molar-refractivity contribution in [3.63, 3.8) is 0 Å². The van der Waals surface area contributed by atoms with E-state index in [1.165, 1.54) is 37.4 Å². The highest BCUT2D eigenvalue weighted by Crippen LogP contribution is 2.29. The second kappa shape index (κ2) is 12.2. The summed E-state index contributed by atoms with van der Waals surface area (Å²) in [6.45, 7) is 9.95. The number of benzene rings is 2. The van der Waals surface area contributed by atoms with Crippen LogP contribution in [-0.4, -0.2) is 47.5 Å². The summed E-state index contributed by atoms with van der Waals surface area (Å²) < 4.78 is 21.0. The highest BCUT2D eigenvalue weighted by molar-refractivity contribution is 6.06. The summed E-state index contributed by atoms with van der Waals surface area (Å²) >= 11 is 0. The fourth-order valence-electron chi connectivity index (χ4n) is 2.74. The maximum Gasteiger partial charge on any atom is 0.437 e. The molecule has 0 bridgehead atoms. The summed E-state index contributed by atoms with van der Waals surface area (Å²) in [6, 6.07) is 10.7. The number of amides is 2. The zero-order chi connectivity index (χ0) is 27.8. The second-order valence-corrected chi connectivity index (χ2v) is 9.80. The first kappa shape index (κ1) is 29.1. The van der Waals surface area contributed by atoms with Gasteiger partial charge in [0, 0.05) is 5.69 Å². The van der Waals surface area contributed by atoms with Gasteiger partial charge in [-0.3, -0.25) is 5.32 Å². The Morgan fingerprint density at radius 2 is 1.51 bits per heavy atom. The van der Waals surface area contributed by atoms with Crippen LogP contribution in [0.1, 0.15) is 57.5 Å². The first-order chi connectivity index (χ1) is 17.2. The molecule has 2 aromatic carbocycles. The van der Waals surface area contributed by atoms with Crippen LogP contribution in [0.25, 0.3) is 0 Å². The van der Waals surface area contributed by atoms with Gasteiger partial charge in [0.1, 0.15) is 11.2 Å². The molecular formula is C26H33N3O8. The van der Waals surface area contributed by atoms with Crippen LogP contribution in [0.5, 0.6) is 11.5 Å². The standard InChI is InChI=1S/C26H33N3O8/c1-25(2,3)36-23(32)28-22(29-24(33)37-26(4,5)6)27-18-11-9-17(10-12-18)21(31)35-19-13-8-16(15-30)14-20(19)34-7/h8-14,30H,15H2,1-7H3,(H2,27,28,29,32,33). The van der Waals surface area contributed by atoms with E-state index in [-0.39, 0.29) is 23.9 Å². The number of ether oxygens (including phenoxy) is 4. The molecule has 0 spiro atoms. The van der Waals surface area contributed by atoms with Gasteiger partial charge < -0.3 is 29.4 Å². The lowest BCUT2D eigenvalue weighted by molar-refractivity contribution is 0.0561. The van der Waals surface area contributed by atoms with Crippen molar-refractivity contribution in [3.8, 4) is 11.5 Å². The minimum Gasteiger partial charge on any atom is -0.493 e. The predicted molar refractivity (Wildman–Crippen MR) is 137 cm³/mol. The first-order valence-corrected chi connectivity index (χ1v) is 11.4. The smallest absolute Gasteiger partial charge is 0.437 e. The van der Waals surface area contributed by atoms with Crippen molar-refractivity contribution >= 4 is 29.8 Å². The summed E-state index contributed by atoms with van der Waals surface area (Å²) in [4.78, 5) is 40.9. The quantitative estimate of drug-likeness (QED) is 0.224. The topological polar surface area (TPSA) is 145 Å². The fraction of sp³-hybridized carbons (Fsp3) is 0.385. The van der Waals surface area contributed by atoms with E-state index in [9.17, 15) is 19.5 Å². The van der Waals surface area contributed by atoms with E-state index in [1.807, 2.05) is 0 Å². The van der Waals surface area contributed by atoms with E-state index >= 15 is 0 Å². The lowest BCUT2D eigenvalue weighted by atomic mass is 10.2. The SMILES string of the molecule is COc1cc(CO)ccc1OC(=O)c1ccc(N/C(=N\C(=O)OC(C)(C)C)NC(=O)OC(C)(C)C)cc1. The number of esters is 1. The summed E-state index contributed by atoms with van der Waals surface area (Å²) in [5, 5.41) is 14.4. The number of anilines is 1. The first-order valence-electron chi connectivity index (χ1n) is 11.4. The van der Waals surface area contributed by atoms with Gasteiger partial charge in [-0.1, -0.05) is 6.07 Å². The molecule has 2 aromatic rings. The number of aliphatic hydroxyl groups is 1. The number of guanidine groups is 1. The Morgan fingerprint density at radius 1 is 0.892 bits per heavy atom. The Morgan fingerprint density at radius 3 is 2.05 bits per heavy atom. The molecular weight excluding hydrogens is 482 g/mol. The van der Waals surface area contributed by atoms with Crippen molar-refractivity contribution in [2.24, 2.45) is 4.99 Å². The Hall–Kier alpha value is -4.12. The van der Waals surface area contributed by atoms with Gasteiger partial charge >= 0.3 is 18.2 Å². The molecule has 37 heavy (non-hydrogen) atoms. The van der Waals surface area contributed by atoms with Crippen LogP contribution >= 0.6 is 0 Å². The Bertz CT molecular complexity index is 1150. The maximum atomic E-state index is 12.6. The van der Waals surface area contributed by atoms with Crippen LogP contribution in [0.2, 0.25) is 0 Å². The Balaban J connectivity index is 2.18. The highest BCUT2D eigenvalue weighted by atomic mass is 16.6. The molecule has 0 saturated heterocycles. The molecule has 0 unspecified atom stereocenters. The second-order valence-electron chi connectivity index (χ2n) is 9.80. The largest absolute Gasteiger partial charge is 0.493 e. The normalized spacial score (nSPS) is 11.8. The van der Waals surface area contributed by atoms with Gasteiger partial charge in [-0.2, -0.15) is 0 Å². The average molecular weight is 516 g/mol. The van der Waals surface area contributed by atoms with Crippen molar-refractivity contribution in [2.75, 3.05) is 12.4 Å². The number of carbonyl (C=O) groups excluding carboxylic acids is 3. The number of hydrogen-bond acceptors (Lipinski definition) is 8. The van der Waals surface area contributed by atoms with Crippen LogP contribution in [0.4, 0.5) is 15.3 Å². The number of alkyl carbamates (subject to hydrolysis) is 1. The summed E-state index contributed by atoms with van der Waals surface area (Å²) in [7, 11) is 1.43. The fourth-order valence-corrected chi connectivity index (χ4v) is 2.74. The van der Waals surface area contributed by atoms with Crippen molar-refractivity contribution in [3.05, 3.63) is 53.6 Å². The van der Waals surface area contributed by atoms with Crippen LogP contribution < -0.4 is 20.1 Å². The van der Waals surface area contributed by atoms with Crippen molar-refractivity contribution in [2.45, 2.75) is 59.4 Å². The third kappa shape index (κ3) is 10.2. The minimum atomic E-state index is -0.924. The van der Waals surface area contributed by atoms with E-state index < -0.39 is 29.4 Å². The van der Waals surface area contributed by atoms with Crippen LogP contribution in [0, 0.1) is 0 Å². The third-order valence-electron chi connectivity index (χ3n) is 4.21. The van der Waals surface area contributed by atoms with Crippen LogP contribution in [0.15, 0.2) is 47.5 Å². The molecule has 0 aromatic heterocycles. The predicted octanol–water partition coefficient (Wildman–Crippen LogP) is 4.63.